The predicted molar refractivity (Wildman–Crippen MR) is 86.9 cm³/mol. The van der Waals surface area contributed by atoms with Crippen molar-refractivity contribution in [3.05, 3.63) is 0 Å². The SMILES string of the molecule is COC(=O)[C@H](C)NC(=O)CNC(=O)[C@H](C)NC(=O)CNC(=O)[C@H](C)N. The van der Waals surface area contributed by atoms with Gasteiger partial charge in [0.2, 0.25) is 23.6 Å². The minimum absolute atomic E-state index is 0.324. The number of esters is 1. The maximum absolute atomic E-state index is 11.8. The first-order valence-electron chi connectivity index (χ1n) is 7.56. The van der Waals surface area contributed by atoms with Gasteiger partial charge >= 0.3 is 5.97 Å². The van der Waals surface area contributed by atoms with Crippen LogP contribution in [0.3, 0.4) is 0 Å². The number of carbonyl (C=O) groups excluding carboxylic acids is 5. The van der Waals surface area contributed by atoms with Crippen LogP contribution in [0.5, 0.6) is 0 Å². The molecular formula is C14H25N5O6. The molecule has 11 heteroatoms. The van der Waals surface area contributed by atoms with Crippen LogP contribution in [0.1, 0.15) is 20.8 Å². The molecule has 0 fully saturated rings. The third kappa shape index (κ3) is 9.25. The van der Waals surface area contributed by atoms with Crippen LogP contribution in [0, 0.1) is 0 Å². The molecule has 0 aromatic rings. The Morgan fingerprint density at radius 1 is 0.840 bits per heavy atom. The molecule has 11 nitrogen and oxygen atoms in total. The molecule has 0 spiro atoms. The van der Waals surface area contributed by atoms with Gasteiger partial charge in [-0.15, -0.1) is 0 Å². The Bertz CT molecular complexity index is 522. The summed E-state index contributed by atoms with van der Waals surface area (Å²) in [4.78, 5) is 57.4. The van der Waals surface area contributed by atoms with E-state index in [0.717, 1.165) is 0 Å². The summed E-state index contributed by atoms with van der Waals surface area (Å²) in [6.45, 7) is 3.62. The van der Waals surface area contributed by atoms with E-state index >= 15 is 0 Å². The van der Waals surface area contributed by atoms with Crippen molar-refractivity contribution in [2.45, 2.75) is 38.9 Å². The number of nitrogens with two attached hydrogens (primary N) is 1. The van der Waals surface area contributed by atoms with Crippen molar-refractivity contribution in [2.75, 3.05) is 20.2 Å². The van der Waals surface area contributed by atoms with E-state index in [1.54, 1.807) is 0 Å². The second-order valence-electron chi connectivity index (χ2n) is 5.33. The molecule has 0 aromatic carbocycles. The zero-order valence-corrected chi connectivity index (χ0v) is 14.7. The van der Waals surface area contributed by atoms with Crippen LogP contribution in [0.2, 0.25) is 0 Å². The van der Waals surface area contributed by atoms with E-state index in [-0.39, 0.29) is 13.1 Å². The van der Waals surface area contributed by atoms with E-state index in [9.17, 15) is 24.0 Å². The van der Waals surface area contributed by atoms with Gasteiger partial charge in [0.15, 0.2) is 0 Å². The molecule has 3 atom stereocenters. The fourth-order valence-electron chi connectivity index (χ4n) is 1.54. The lowest BCUT2D eigenvalue weighted by atomic mass is 10.3. The molecule has 0 aromatic heterocycles. The number of rotatable bonds is 9. The van der Waals surface area contributed by atoms with Crippen LogP contribution in [0.15, 0.2) is 0 Å². The number of ether oxygens (including phenoxy) is 1. The van der Waals surface area contributed by atoms with Crippen molar-refractivity contribution in [1.29, 1.82) is 0 Å². The van der Waals surface area contributed by atoms with E-state index in [4.69, 9.17) is 5.73 Å². The highest BCUT2D eigenvalue weighted by Crippen LogP contribution is 1.86. The van der Waals surface area contributed by atoms with E-state index in [0.29, 0.717) is 0 Å². The number of carbonyl (C=O) groups is 5. The second-order valence-corrected chi connectivity index (χ2v) is 5.33. The number of nitrogens with one attached hydrogen (secondary N) is 4. The van der Waals surface area contributed by atoms with Crippen molar-refractivity contribution in [2.24, 2.45) is 5.73 Å². The Labute approximate surface area is 145 Å². The minimum Gasteiger partial charge on any atom is -0.467 e. The molecule has 0 aliphatic carbocycles. The van der Waals surface area contributed by atoms with Gasteiger partial charge in [0, 0.05) is 0 Å². The summed E-state index contributed by atoms with van der Waals surface area (Å²) in [5, 5.41) is 9.29. The smallest absolute Gasteiger partial charge is 0.328 e. The highest BCUT2D eigenvalue weighted by molar-refractivity contribution is 5.92. The van der Waals surface area contributed by atoms with E-state index in [1.165, 1.54) is 27.9 Å². The summed E-state index contributed by atoms with van der Waals surface area (Å²) >= 11 is 0. The van der Waals surface area contributed by atoms with Crippen molar-refractivity contribution >= 4 is 29.6 Å². The van der Waals surface area contributed by atoms with Crippen molar-refractivity contribution in [3.8, 4) is 0 Å². The van der Waals surface area contributed by atoms with Crippen molar-refractivity contribution in [3.63, 3.8) is 0 Å². The zero-order chi connectivity index (χ0) is 19.6. The van der Waals surface area contributed by atoms with Gasteiger partial charge in [0.1, 0.15) is 12.1 Å². The summed E-state index contributed by atoms with van der Waals surface area (Å²) < 4.78 is 4.45. The molecule has 0 bridgehead atoms. The summed E-state index contributed by atoms with van der Waals surface area (Å²) in [7, 11) is 1.19. The molecule has 4 amide bonds. The number of hydrogen-bond acceptors (Lipinski definition) is 7. The molecule has 0 unspecified atom stereocenters. The second kappa shape index (κ2) is 11.0. The number of hydrogen-bond donors (Lipinski definition) is 5. The molecule has 0 aliphatic rings. The van der Waals surface area contributed by atoms with Gasteiger partial charge in [-0.25, -0.2) is 4.79 Å². The molecule has 0 heterocycles. The lowest BCUT2D eigenvalue weighted by molar-refractivity contribution is -0.144. The van der Waals surface area contributed by atoms with Gasteiger partial charge in [0.25, 0.3) is 0 Å². The predicted octanol–water partition coefficient (Wildman–Crippen LogP) is -3.25. The van der Waals surface area contributed by atoms with E-state index in [1.807, 2.05) is 0 Å². The third-order valence-corrected chi connectivity index (χ3v) is 2.96. The lowest BCUT2D eigenvalue weighted by Crippen LogP contribution is -2.51. The van der Waals surface area contributed by atoms with Gasteiger partial charge in [-0.05, 0) is 20.8 Å². The average molecular weight is 359 g/mol. The van der Waals surface area contributed by atoms with E-state index in [2.05, 4.69) is 26.0 Å². The Hall–Kier alpha value is -2.69. The number of methoxy groups -OCH3 is 1. The minimum atomic E-state index is -0.925. The highest BCUT2D eigenvalue weighted by Gasteiger charge is 2.19. The standard InChI is InChI=1S/C14H25N5O6/c1-7(15)12(22)16-5-10(20)18-8(2)13(23)17-6-11(21)19-9(3)14(24)25-4/h7-9H,5-6,15H2,1-4H3,(H,16,22)(H,17,23)(H,18,20)(H,19,21)/t7-,8-,9-/m0/s1. The first-order chi connectivity index (χ1) is 11.6. The molecule has 0 saturated heterocycles. The van der Waals surface area contributed by atoms with E-state index < -0.39 is 47.7 Å². The molecule has 142 valence electrons. The summed E-state index contributed by atoms with van der Waals surface area (Å²) in [5.41, 5.74) is 5.33. The summed E-state index contributed by atoms with van der Waals surface area (Å²) in [6, 6.07) is -2.52. The fourth-order valence-corrected chi connectivity index (χ4v) is 1.54. The molecule has 0 rings (SSSR count). The van der Waals surface area contributed by atoms with Crippen LogP contribution in [0.4, 0.5) is 0 Å². The maximum atomic E-state index is 11.8. The zero-order valence-electron chi connectivity index (χ0n) is 14.7. The molecule has 0 aliphatic heterocycles. The summed E-state index contributed by atoms with van der Waals surface area (Å²) in [5.74, 6) is -2.89. The first-order valence-corrected chi connectivity index (χ1v) is 7.56. The molecular weight excluding hydrogens is 334 g/mol. The molecule has 25 heavy (non-hydrogen) atoms. The van der Waals surface area contributed by atoms with Gasteiger partial charge in [0.05, 0.1) is 26.2 Å². The van der Waals surface area contributed by atoms with Gasteiger partial charge in [-0.3, -0.25) is 19.2 Å². The Morgan fingerprint density at radius 3 is 1.72 bits per heavy atom. The first kappa shape index (κ1) is 22.3. The lowest BCUT2D eigenvalue weighted by Gasteiger charge is -2.15. The molecule has 0 radical (unpaired) electrons. The van der Waals surface area contributed by atoms with Crippen molar-refractivity contribution < 1.29 is 28.7 Å². The van der Waals surface area contributed by atoms with Gasteiger partial charge < -0.3 is 31.7 Å². The molecule has 6 N–H and O–H groups in total. The Morgan fingerprint density at radius 2 is 1.28 bits per heavy atom. The van der Waals surface area contributed by atoms with Crippen LogP contribution >= 0.6 is 0 Å². The largest absolute Gasteiger partial charge is 0.467 e. The monoisotopic (exact) mass is 359 g/mol. The summed E-state index contributed by atoms with van der Waals surface area (Å²) in [6.07, 6.45) is 0. The van der Waals surface area contributed by atoms with Gasteiger partial charge in [-0.2, -0.15) is 0 Å². The number of amides is 4. The Balaban J connectivity index is 4.17. The van der Waals surface area contributed by atoms with Crippen molar-refractivity contribution in [1.82, 2.24) is 21.3 Å². The van der Waals surface area contributed by atoms with Crippen LogP contribution in [-0.2, 0) is 28.7 Å². The van der Waals surface area contributed by atoms with Crippen LogP contribution in [0.25, 0.3) is 0 Å². The van der Waals surface area contributed by atoms with Crippen LogP contribution < -0.4 is 27.0 Å². The average Bonchev–Trinajstić information content (AvgIpc) is 2.56. The fraction of sp³-hybridized carbons (Fsp3) is 0.643. The molecule has 0 saturated carbocycles. The third-order valence-electron chi connectivity index (χ3n) is 2.96. The topological polar surface area (TPSA) is 169 Å². The Kier molecular flexibility index (Phi) is 9.79. The maximum Gasteiger partial charge on any atom is 0.328 e. The quantitative estimate of drug-likeness (QED) is 0.269. The van der Waals surface area contributed by atoms with Gasteiger partial charge in [-0.1, -0.05) is 0 Å². The highest BCUT2D eigenvalue weighted by atomic mass is 16.5. The normalized spacial score (nSPS) is 13.6. The van der Waals surface area contributed by atoms with Crippen LogP contribution in [-0.4, -0.2) is 67.9 Å².